The van der Waals surface area contributed by atoms with Gasteiger partial charge in [0.25, 0.3) is 40.5 Å². The third-order valence-corrected chi connectivity index (χ3v) is 11.1. The first-order valence-electron chi connectivity index (χ1n) is 14.5. The summed E-state index contributed by atoms with van der Waals surface area (Å²) in [5, 5.41) is 27.1. The third-order valence-electron chi connectivity index (χ3n) is 7.44. The number of anilines is 2. The summed E-state index contributed by atoms with van der Waals surface area (Å²) in [7, 11) is -19.3. The Morgan fingerprint density at radius 1 is 0.525 bits per heavy atom. The molecule has 0 unspecified atom stereocenters. The van der Waals surface area contributed by atoms with Gasteiger partial charge in [-0.25, -0.2) is 0 Å². The predicted octanol–water partition coefficient (Wildman–Crippen LogP) is 4.28. The molecule has 0 spiro atoms. The average Bonchev–Trinajstić information content (AvgIpc) is 3.08. The van der Waals surface area contributed by atoms with Crippen LogP contribution in [-0.2, 0) is 40.5 Å². The van der Waals surface area contributed by atoms with E-state index < -0.39 is 65.7 Å². The van der Waals surface area contributed by atoms with Crippen LogP contribution in [0.2, 0.25) is 5.28 Å². The van der Waals surface area contributed by atoms with E-state index in [4.69, 9.17) is 17.0 Å². The molecule has 0 fully saturated rings. The molecule has 59 heavy (non-hydrogen) atoms. The van der Waals surface area contributed by atoms with Crippen LogP contribution in [0.25, 0.3) is 21.5 Å². The van der Waals surface area contributed by atoms with Gasteiger partial charge < -0.3 is 5.32 Å². The molecule has 7 N–H and O–H groups in total. The van der Waals surface area contributed by atoms with Crippen LogP contribution in [0, 0.1) is 5.41 Å². The molecule has 0 atom stereocenters. The first kappa shape index (κ1) is 53.5. The summed E-state index contributed by atoms with van der Waals surface area (Å²) in [6.45, 7) is 0. The van der Waals surface area contributed by atoms with Gasteiger partial charge in [-0.2, -0.15) is 43.6 Å². The Balaban J connectivity index is 0.00000300. The number of rotatable bonds is 10. The number of fused-ring (bicyclic) bond motifs is 2. The van der Waals surface area contributed by atoms with Crippen molar-refractivity contribution >= 4 is 226 Å². The molecule has 30 heteroatoms. The quantitative estimate of drug-likeness (QED) is 0.0572. The van der Waals surface area contributed by atoms with Crippen LogP contribution >= 0.6 is 11.6 Å². The minimum absolute atomic E-state index is 0. The summed E-state index contributed by atoms with van der Waals surface area (Å²) in [5.74, 6) is -0.0359. The van der Waals surface area contributed by atoms with E-state index >= 15 is 0 Å². The molecule has 5 aromatic carbocycles. The van der Waals surface area contributed by atoms with Gasteiger partial charge in [0.05, 0.1) is 31.7 Å². The molecule has 0 amide bonds. The van der Waals surface area contributed by atoms with Crippen LogP contribution in [0.4, 0.5) is 34.4 Å². The fourth-order valence-corrected chi connectivity index (χ4v) is 7.32. The number of nitrogens with one attached hydrogen (secondary N) is 3. The van der Waals surface area contributed by atoms with Gasteiger partial charge >= 0.3 is 0 Å². The minimum atomic E-state index is -4.99. The van der Waals surface area contributed by atoms with Gasteiger partial charge in [0.2, 0.25) is 16.9 Å². The molecule has 6 aromatic rings. The molecule has 1 heterocycles. The zero-order valence-corrected chi connectivity index (χ0v) is 42.8. The molecule has 0 saturated heterocycles. The van der Waals surface area contributed by atoms with E-state index in [1.54, 1.807) is 0 Å². The van der Waals surface area contributed by atoms with E-state index in [2.05, 4.69) is 40.7 Å². The Hall–Kier alpha value is -1.64. The van der Waals surface area contributed by atoms with Crippen LogP contribution < -0.4 is 10.9 Å². The first-order valence-corrected chi connectivity index (χ1v) is 20.7. The Morgan fingerprint density at radius 3 is 1.44 bits per heavy atom. The second kappa shape index (κ2) is 20.7. The summed E-state index contributed by atoms with van der Waals surface area (Å²) in [6.07, 6.45) is 0. The van der Waals surface area contributed by atoms with Crippen molar-refractivity contribution in [3.05, 3.63) is 89.8 Å². The number of H-pyrrole nitrogens is 1. The Morgan fingerprint density at radius 2 is 0.949 bits per heavy atom. The topological polar surface area (TPSA) is 344 Å². The normalized spacial score (nSPS) is 12.1. The maximum atomic E-state index is 12.0. The summed E-state index contributed by atoms with van der Waals surface area (Å²) in [4.78, 5) is 7.36. The number of nitrogens with zero attached hydrogens (tertiary/aromatic N) is 6. The fraction of sp³-hybridized carbons (Fsp3) is 0. The number of halogens is 1. The summed E-state index contributed by atoms with van der Waals surface area (Å²) >= 11 is 5.86. The van der Waals surface area contributed by atoms with Crippen molar-refractivity contribution in [3.8, 4) is 0 Å². The minimum Gasteiger partial charge on any atom is -0.325 e. The van der Waals surface area contributed by atoms with Crippen LogP contribution in [-0.4, -0.2) is 185 Å². The average molecular weight is 942 g/mol. The maximum Gasteiger partial charge on any atom is 0.296 e. The Labute approximate surface area is 427 Å². The summed E-state index contributed by atoms with van der Waals surface area (Å²) < 4.78 is 134. The van der Waals surface area contributed by atoms with Crippen LogP contribution in [0.15, 0.2) is 119 Å². The van der Waals surface area contributed by atoms with Crippen LogP contribution in [0.3, 0.4) is 0 Å². The summed E-state index contributed by atoms with van der Waals surface area (Å²) in [5.41, 5.74) is -0.787. The molecule has 0 saturated carbocycles. The van der Waals surface area contributed by atoms with Crippen LogP contribution in [0.5, 0.6) is 0 Å². The Bertz CT molecular complexity index is 3200. The zero-order chi connectivity index (χ0) is 40.1. The van der Waals surface area contributed by atoms with Crippen molar-refractivity contribution < 1.29 is 51.9 Å². The van der Waals surface area contributed by atoms with Crippen molar-refractivity contribution in [1.29, 1.82) is 5.41 Å². The second-order valence-electron chi connectivity index (χ2n) is 11.0. The number of hydrogen-bond acceptors (Lipinski definition) is 16. The number of aromatic nitrogens is 3. The molecule has 6 rings (SSSR count). The fourth-order valence-electron chi connectivity index (χ4n) is 5.03. The van der Waals surface area contributed by atoms with Crippen molar-refractivity contribution in [2.75, 3.05) is 5.32 Å². The molecule has 0 aliphatic rings. The van der Waals surface area contributed by atoms with Gasteiger partial charge in [0.1, 0.15) is 10.6 Å². The number of benzene rings is 5. The van der Waals surface area contributed by atoms with Gasteiger partial charge in [-0.1, -0.05) is 12.1 Å². The molecule has 1 aromatic heterocycles. The molecule has 0 aliphatic carbocycles. The van der Waals surface area contributed by atoms with E-state index in [0.717, 1.165) is 24.3 Å². The van der Waals surface area contributed by atoms with E-state index in [0.29, 0.717) is 18.2 Å². The van der Waals surface area contributed by atoms with Crippen molar-refractivity contribution in [2.24, 2.45) is 20.5 Å². The number of hydrogen-bond donors (Lipinski definition) is 7. The molecular formula is C29H20ClN9Na4O12S4. The van der Waals surface area contributed by atoms with Crippen LogP contribution in [0.1, 0.15) is 0 Å². The second-order valence-corrected chi connectivity index (χ2v) is 17.0. The van der Waals surface area contributed by atoms with E-state index in [9.17, 15) is 51.9 Å². The third kappa shape index (κ3) is 13.0. The van der Waals surface area contributed by atoms with Gasteiger partial charge in [0, 0.05) is 145 Å². The van der Waals surface area contributed by atoms with Gasteiger partial charge in [0.15, 0.2) is 0 Å². The van der Waals surface area contributed by atoms with E-state index in [1.165, 1.54) is 36.4 Å². The maximum absolute atomic E-state index is 12.0. The molecule has 288 valence electrons. The van der Waals surface area contributed by atoms with Crippen molar-refractivity contribution in [2.45, 2.75) is 19.6 Å². The largest absolute Gasteiger partial charge is 0.325 e. The number of azo groups is 2. The molecule has 4 radical (unpaired) electrons. The summed E-state index contributed by atoms with van der Waals surface area (Å²) in [6, 6.07) is 14.3. The van der Waals surface area contributed by atoms with Crippen molar-refractivity contribution in [1.82, 2.24) is 15.0 Å². The zero-order valence-electron chi connectivity index (χ0n) is 30.8. The van der Waals surface area contributed by atoms with E-state index in [1.807, 2.05) is 0 Å². The van der Waals surface area contributed by atoms with E-state index in [-0.39, 0.29) is 179 Å². The SMILES string of the molecule is N=c1nc(Cl)nc(Nc2ccc(N=Nc3ccc(N=Nc4cc(S(=O)(=O)O)ccc4S(=O)(=O)O)c4cc(S(=O)(=O)O)ccc34)c3ccc(S(=O)(=O)O)cc23)[nH]1.[Na].[Na].[Na].[Na]. The molecular weight excluding hydrogens is 922 g/mol. The standard InChI is InChI=1S/C29H20ClN9O12S4.4Na/c30-27-33-28(31)35-29(34-27)32-21-6-7-22(17-4-1-14(11-19(17)21)52(40,41)42)36-37-23-8-9-24(20-12-15(53(43,44)45)2-5-18(20)23)38-39-25-13-16(54(46,47)48)3-10-26(25)55(49,50)51;;;;/h1-13H,(H,40,41,42)(H,43,44,45)(H,46,47,48)(H,49,50,51)(H3,31,32,33,34,35);;;;. The first-order chi connectivity index (χ1) is 25.6. The Kier molecular flexibility index (Phi) is 18.8. The molecule has 0 aliphatic heterocycles. The van der Waals surface area contributed by atoms with Gasteiger partial charge in [-0.3, -0.25) is 28.6 Å². The van der Waals surface area contributed by atoms with Crippen molar-refractivity contribution in [3.63, 3.8) is 0 Å². The predicted molar refractivity (Wildman–Crippen MR) is 215 cm³/mol. The molecule has 21 nitrogen and oxygen atoms in total. The smallest absolute Gasteiger partial charge is 0.296 e. The molecule has 0 bridgehead atoms. The van der Waals surface area contributed by atoms with Gasteiger partial charge in [-0.15, -0.1) is 20.5 Å². The van der Waals surface area contributed by atoms with Gasteiger partial charge in [-0.05, 0) is 78.3 Å². The number of aromatic amines is 1. The monoisotopic (exact) mass is 941 g/mol.